The molecule has 42 heavy (non-hydrogen) atoms. The second-order valence-corrected chi connectivity index (χ2v) is 14.2. The van der Waals surface area contributed by atoms with E-state index in [1.807, 2.05) is 27.0 Å². The standard InChI is InChI=1S/C33H40BN3O5/c1-30(2,3)40-29(38)37-14-8-9-27(37)28-35-17-26(36-28)20-10-12-22-23-13-11-21(34-41-31(4,5)32(6,7)42-34)16-25(23)33(18-39-19-33)24(22)15-20/h10-13,15-17,27H,8-9,14,18-19H2,1-7H3,(H,35,36)/t27-/m0/s1. The first-order chi connectivity index (χ1) is 19.8. The molecule has 8 nitrogen and oxygen atoms in total. The van der Waals surface area contributed by atoms with Crippen LogP contribution in [-0.2, 0) is 24.2 Å². The van der Waals surface area contributed by atoms with E-state index in [-0.39, 0.29) is 17.6 Å². The number of H-pyrrole nitrogens is 1. The van der Waals surface area contributed by atoms with Crippen LogP contribution in [-0.4, -0.2) is 64.6 Å². The van der Waals surface area contributed by atoms with E-state index in [2.05, 4.69) is 69.1 Å². The van der Waals surface area contributed by atoms with Gasteiger partial charge in [-0.05, 0) is 101 Å². The van der Waals surface area contributed by atoms with Gasteiger partial charge in [-0.2, -0.15) is 0 Å². The van der Waals surface area contributed by atoms with Gasteiger partial charge in [0.05, 0.1) is 47.8 Å². The molecule has 1 spiro atoms. The number of nitrogens with zero attached hydrogens (tertiary/aromatic N) is 2. The van der Waals surface area contributed by atoms with Crippen molar-refractivity contribution >= 4 is 18.7 Å². The third-order valence-corrected chi connectivity index (χ3v) is 9.71. The van der Waals surface area contributed by atoms with E-state index in [9.17, 15) is 4.79 Å². The molecule has 1 aliphatic carbocycles. The van der Waals surface area contributed by atoms with Crippen LogP contribution in [0.3, 0.4) is 0 Å². The summed E-state index contributed by atoms with van der Waals surface area (Å²) < 4.78 is 24.3. The van der Waals surface area contributed by atoms with Crippen molar-refractivity contribution in [1.29, 1.82) is 0 Å². The van der Waals surface area contributed by atoms with Crippen molar-refractivity contribution in [3.63, 3.8) is 0 Å². The summed E-state index contributed by atoms with van der Waals surface area (Å²) in [5.74, 6) is 0.797. The van der Waals surface area contributed by atoms with Gasteiger partial charge in [-0.1, -0.05) is 30.3 Å². The topological polar surface area (TPSA) is 85.9 Å². The van der Waals surface area contributed by atoms with Gasteiger partial charge in [-0.3, -0.25) is 4.90 Å². The number of imidazole rings is 1. The SMILES string of the molecule is CC(C)(C)OC(=O)N1CCC[C@H]1c1ncc(-c2ccc3c(c2)C2(COC2)c2cc(B4OC(C)(C)C(C)(C)O4)ccc2-3)[nH]1. The lowest BCUT2D eigenvalue weighted by atomic mass is 9.72. The monoisotopic (exact) mass is 569 g/mol. The third kappa shape index (κ3) is 4.23. The molecule has 2 aromatic carbocycles. The maximum absolute atomic E-state index is 12.9. The fraction of sp³-hybridized carbons (Fsp3) is 0.515. The highest BCUT2D eigenvalue weighted by atomic mass is 16.7. The second kappa shape index (κ2) is 9.18. The summed E-state index contributed by atoms with van der Waals surface area (Å²) in [6, 6.07) is 13.1. The number of benzene rings is 2. The van der Waals surface area contributed by atoms with Crippen LogP contribution < -0.4 is 5.46 Å². The summed E-state index contributed by atoms with van der Waals surface area (Å²) in [5.41, 5.74) is 6.57. The van der Waals surface area contributed by atoms with E-state index in [0.29, 0.717) is 19.8 Å². The van der Waals surface area contributed by atoms with E-state index in [1.165, 1.54) is 22.3 Å². The molecule has 3 aliphatic heterocycles. The molecule has 7 rings (SSSR count). The quantitative estimate of drug-likeness (QED) is 0.405. The van der Waals surface area contributed by atoms with Gasteiger partial charge in [0.1, 0.15) is 11.4 Å². The molecule has 3 fully saturated rings. The average molecular weight is 570 g/mol. The fourth-order valence-corrected chi connectivity index (χ4v) is 6.67. The lowest BCUT2D eigenvalue weighted by molar-refractivity contribution is -0.0357. The Kier molecular flexibility index (Phi) is 6.05. The van der Waals surface area contributed by atoms with Gasteiger partial charge in [-0.15, -0.1) is 0 Å². The van der Waals surface area contributed by atoms with Crippen molar-refractivity contribution in [3.8, 4) is 22.4 Å². The van der Waals surface area contributed by atoms with Crippen LogP contribution in [0.25, 0.3) is 22.4 Å². The molecule has 9 heteroatoms. The third-order valence-electron chi connectivity index (χ3n) is 9.71. The van der Waals surface area contributed by atoms with Crippen molar-refractivity contribution < 1.29 is 23.6 Å². The Morgan fingerprint density at radius 3 is 2.33 bits per heavy atom. The molecule has 4 aliphatic rings. The number of fused-ring (bicyclic) bond motifs is 5. The van der Waals surface area contributed by atoms with E-state index in [0.717, 1.165) is 35.4 Å². The number of likely N-dealkylation sites (tertiary alicyclic amines) is 1. The molecule has 3 aromatic rings. The molecular formula is C33H40BN3O5. The van der Waals surface area contributed by atoms with E-state index in [1.54, 1.807) is 4.90 Å². The van der Waals surface area contributed by atoms with Crippen molar-refractivity contribution in [1.82, 2.24) is 14.9 Å². The fourth-order valence-electron chi connectivity index (χ4n) is 6.67. The number of ether oxygens (including phenoxy) is 2. The average Bonchev–Trinajstić information content (AvgIpc) is 3.64. The summed E-state index contributed by atoms with van der Waals surface area (Å²) in [5, 5.41) is 0. The van der Waals surface area contributed by atoms with Crippen molar-refractivity contribution in [2.75, 3.05) is 19.8 Å². The van der Waals surface area contributed by atoms with Crippen LogP contribution in [0.5, 0.6) is 0 Å². The molecule has 3 saturated heterocycles. The summed E-state index contributed by atoms with van der Waals surface area (Å²) in [7, 11) is -0.406. The predicted octanol–water partition coefficient (Wildman–Crippen LogP) is 5.74. The number of aromatic nitrogens is 2. The number of aromatic amines is 1. The highest BCUT2D eigenvalue weighted by Crippen LogP contribution is 2.53. The molecule has 0 unspecified atom stereocenters. The number of rotatable bonds is 3. The van der Waals surface area contributed by atoms with Crippen LogP contribution in [0.2, 0.25) is 0 Å². The molecule has 0 saturated carbocycles. The first-order valence-electron chi connectivity index (χ1n) is 15.1. The Morgan fingerprint density at radius 1 is 1.02 bits per heavy atom. The normalized spacial score (nSPS) is 23.2. The first-order valence-corrected chi connectivity index (χ1v) is 15.1. The predicted molar refractivity (Wildman–Crippen MR) is 162 cm³/mol. The van der Waals surface area contributed by atoms with Gasteiger partial charge in [-0.25, -0.2) is 9.78 Å². The molecule has 0 radical (unpaired) electrons. The van der Waals surface area contributed by atoms with Crippen LogP contribution in [0.4, 0.5) is 4.79 Å². The zero-order valence-corrected chi connectivity index (χ0v) is 25.7. The number of carbonyl (C=O) groups is 1. The highest BCUT2D eigenvalue weighted by molar-refractivity contribution is 6.62. The van der Waals surface area contributed by atoms with Crippen LogP contribution in [0, 0.1) is 0 Å². The van der Waals surface area contributed by atoms with Crippen molar-refractivity contribution in [3.05, 3.63) is 59.5 Å². The summed E-state index contributed by atoms with van der Waals surface area (Å²) in [4.78, 5) is 22.9. The molecule has 1 atom stereocenters. The van der Waals surface area contributed by atoms with E-state index >= 15 is 0 Å². The van der Waals surface area contributed by atoms with Crippen LogP contribution in [0.1, 0.15) is 84.3 Å². The number of nitrogens with one attached hydrogen (secondary N) is 1. The highest BCUT2D eigenvalue weighted by Gasteiger charge is 2.53. The van der Waals surface area contributed by atoms with E-state index < -0.39 is 23.9 Å². The van der Waals surface area contributed by atoms with Gasteiger partial charge in [0.15, 0.2) is 0 Å². The van der Waals surface area contributed by atoms with E-state index in [4.69, 9.17) is 23.8 Å². The van der Waals surface area contributed by atoms with Crippen molar-refractivity contribution in [2.45, 2.75) is 89.6 Å². The number of carbonyl (C=O) groups excluding carboxylic acids is 1. The van der Waals surface area contributed by atoms with Crippen molar-refractivity contribution in [2.24, 2.45) is 0 Å². The maximum Gasteiger partial charge on any atom is 0.494 e. The summed E-state index contributed by atoms with van der Waals surface area (Å²) in [6.45, 7) is 16.0. The largest absolute Gasteiger partial charge is 0.494 e. The molecule has 4 heterocycles. The summed E-state index contributed by atoms with van der Waals surface area (Å²) >= 11 is 0. The lowest BCUT2D eigenvalue weighted by Crippen LogP contribution is -2.47. The first kappa shape index (κ1) is 27.7. The Bertz CT molecular complexity index is 1550. The molecule has 1 aromatic heterocycles. The maximum atomic E-state index is 12.9. The zero-order valence-electron chi connectivity index (χ0n) is 25.7. The minimum absolute atomic E-state index is 0.118. The minimum Gasteiger partial charge on any atom is -0.444 e. The molecule has 1 N–H and O–H groups in total. The molecule has 220 valence electrons. The number of amides is 1. The number of hydrogen-bond acceptors (Lipinski definition) is 6. The smallest absolute Gasteiger partial charge is 0.444 e. The Labute approximate surface area is 248 Å². The Morgan fingerprint density at radius 2 is 1.69 bits per heavy atom. The lowest BCUT2D eigenvalue weighted by Gasteiger charge is -2.40. The van der Waals surface area contributed by atoms with Gasteiger partial charge in [0, 0.05) is 6.54 Å². The molecular weight excluding hydrogens is 529 g/mol. The molecule has 1 amide bonds. The van der Waals surface area contributed by atoms with Gasteiger partial charge in [0.2, 0.25) is 0 Å². The Hall–Kier alpha value is -3.14. The van der Waals surface area contributed by atoms with Crippen LogP contribution in [0.15, 0.2) is 42.6 Å². The van der Waals surface area contributed by atoms with Gasteiger partial charge in [0.25, 0.3) is 0 Å². The molecule has 0 bridgehead atoms. The van der Waals surface area contributed by atoms with Gasteiger partial charge >= 0.3 is 13.2 Å². The van der Waals surface area contributed by atoms with Gasteiger partial charge < -0.3 is 23.8 Å². The summed E-state index contributed by atoms with van der Waals surface area (Å²) in [6.07, 6.45) is 3.38. The second-order valence-electron chi connectivity index (χ2n) is 14.2. The number of hydrogen-bond donors (Lipinski definition) is 1. The van der Waals surface area contributed by atoms with Crippen LogP contribution >= 0.6 is 0 Å². The zero-order chi connectivity index (χ0) is 29.7. The minimum atomic E-state index is -0.535. The Balaban J connectivity index is 1.18.